The van der Waals surface area contributed by atoms with Crippen LogP contribution in [0.3, 0.4) is 0 Å². The van der Waals surface area contributed by atoms with E-state index in [0.717, 1.165) is 11.7 Å². The summed E-state index contributed by atoms with van der Waals surface area (Å²) < 4.78 is 8.21. The van der Waals surface area contributed by atoms with E-state index < -0.39 is 10.8 Å². The van der Waals surface area contributed by atoms with Crippen molar-refractivity contribution in [2.45, 2.75) is 0 Å². The lowest BCUT2D eigenvalue weighted by atomic mass is 10.2. The van der Waals surface area contributed by atoms with Crippen LogP contribution in [0.2, 0.25) is 0 Å². The lowest BCUT2D eigenvalue weighted by molar-refractivity contribution is -0.384. The van der Waals surface area contributed by atoms with Crippen LogP contribution in [-0.2, 0) is 0 Å². The fourth-order valence-electron chi connectivity index (χ4n) is 1.86. The van der Waals surface area contributed by atoms with E-state index in [1.165, 1.54) is 24.3 Å². The lowest BCUT2D eigenvalue weighted by Gasteiger charge is -2.05. The van der Waals surface area contributed by atoms with Gasteiger partial charge >= 0.3 is 0 Å². The first-order valence-electron chi connectivity index (χ1n) is 5.92. The van der Waals surface area contributed by atoms with Gasteiger partial charge in [-0.2, -0.15) is 8.75 Å². The minimum absolute atomic E-state index is 0.129. The van der Waals surface area contributed by atoms with Gasteiger partial charge in [0, 0.05) is 17.7 Å². The van der Waals surface area contributed by atoms with Crippen LogP contribution in [0.15, 0.2) is 42.5 Å². The average Bonchev–Trinajstić information content (AvgIpc) is 2.97. The molecule has 1 amide bonds. The smallest absolute Gasteiger partial charge is 0.270 e. The van der Waals surface area contributed by atoms with Gasteiger partial charge in [0.25, 0.3) is 11.6 Å². The van der Waals surface area contributed by atoms with Gasteiger partial charge < -0.3 is 5.32 Å². The van der Waals surface area contributed by atoms with Crippen LogP contribution in [0.4, 0.5) is 11.4 Å². The molecular formula is C13H8N4O3S. The Morgan fingerprint density at radius 1 is 1.19 bits per heavy atom. The van der Waals surface area contributed by atoms with Crippen molar-refractivity contribution in [2.24, 2.45) is 0 Å². The fourth-order valence-corrected chi connectivity index (χ4v) is 2.41. The Morgan fingerprint density at radius 3 is 2.81 bits per heavy atom. The van der Waals surface area contributed by atoms with Crippen molar-refractivity contribution in [3.8, 4) is 0 Å². The van der Waals surface area contributed by atoms with Gasteiger partial charge in [0.05, 0.1) is 22.3 Å². The highest BCUT2D eigenvalue weighted by molar-refractivity contribution is 7.00. The summed E-state index contributed by atoms with van der Waals surface area (Å²) in [6.07, 6.45) is 0. The Hall–Kier alpha value is -2.87. The Morgan fingerprint density at radius 2 is 2.00 bits per heavy atom. The van der Waals surface area contributed by atoms with E-state index in [2.05, 4.69) is 14.1 Å². The molecule has 1 aromatic heterocycles. The van der Waals surface area contributed by atoms with Crippen LogP contribution < -0.4 is 5.32 Å². The quantitative estimate of drug-likeness (QED) is 0.592. The largest absolute Gasteiger partial charge is 0.320 e. The normalized spacial score (nSPS) is 10.5. The maximum absolute atomic E-state index is 12.2. The molecule has 0 saturated heterocycles. The number of benzene rings is 2. The highest BCUT2D eigenvalue weighted by Gasteiger charge is 2.13. The number of nitrogens with one attached hydrogen (secondary N) is 1. The van der Waals surface area contributed by atoms with Gasteiger partial charge in [-0.15, -0.1) is 0 Å². The van der Waals surface area contributed by atoms with E-state index in [-0.39, 0.29) is 11.3 Å². The number of aromatic nitrogens is 2. The minimum atomic E-state index is -0.540. The van der Waals surface area contributed by atoms with Crippen LogP contribution in [0, 0.1) is 10.1 Å². The average molecular weight is 300 g/mol. The SMILES string of the molecule is O=C(Nc1cccc2nsnc12)c1cccc([N+](=O)[O-])c1. The number of rotatable bonds is 3. The molecule has 0 unspecified atom stereocenters. The maximum atomic E-state index is 12.2. The van der Waals surface area contributed by atoms with E-state index >= 15 is 0 Å². The highest BCUT2D eigenvalue weighted by Crippen LogP contribution is 2.22. The summed E-state index contributed by atoms with van der Waals surface area (Å²) in [6, 6.07) is 10.8. The molecule has 104 valence electrons. The van der Waals surface area contributed by atoms with E-state index in [1.807, 2.05) is 0 Å². The van der Waals surface area contributed by atoms with Crippen molar-refractivity contribution in [2.75, 3.05) is 5.32 Å². The number of hydrogen-bond acceptors (Lipinski definition) is 6. The van der Waals surface area contributed by atoms with E-state index in [1.54, 1.807) is 18.2 Å². The molecule has 0 aliphatic heterocycles. The Balaban J connectivity index is 1.91. The van der Waals surface area contributed by atoms with Gasteiger partial charge in [-0.3, -0.25) is 14.9 Å². The molecule has 0 aliphatic rings. The second-order valence-electron chi connectivity index (χ2n) is 4.20. The molecule has 3 rings (SSSR count). The zero-order chi connectivity index (χ0) is 14.8. The zero-order valence-electron chi connectivity index (χ0n) is 10.5. The van der Waals surface area contributed by atoms with Crippen molar-refractivity contribution in [1.82, 2.24) is 8.75 Å². The topological polar surface area (TPSA) is 98.0 Å². The molecule has 1 N–H and O–H groups in total. The van der Waals surface area contributed by atoms with Gasteiger partial charge in [0.2, 0.25) is 0 Å². The molecule has 7 nitrogen and oxygen atoms in total. The second kappa shape index (κ2) is 5.25. The predicted molar refractivity (Wildman–Crippen MR) is 78.5 cm³/mol. The van der Waals surface area contributed by atoms with Crippen molar-refractivity contribution >= 4 is 40.0 Å². The van der Waals surface area contributed by atoms with Crippen LogP contribution in [0.25, 0.3) is 11.0 Å². The Kier molecular flexibility index (Phi) is 3.28. The molecule has 0 radical (unpaired) electrons. The summed E-state index contributed by atoms with van der Waals surface area (Å²) in [5.41, 5.74) is 1.90. The Labute approximate surface area is 122 Å². The standard InChI is InChI=1S/C13H8N4O3S/c18-13(8-3-1-4-9(7-8)17(19)20)14-10-5-2-6-11-12(10)16-21-15-11/h1-7H,(H,14,18). The lowest BCUT2D eigenvalue weighted by Crippen LogP contribution is -2.12. The van der Waals surface area contributed by atoms with Crippen LogP contribution in [0.5, 0.6) is 0 Å². The summed E-state index contributed by atoms with van der Waals surface area (Å²) in [5, 5.41) is 13.4. The number of nitrogens with zero attached hydrogens (tertiary/aromatic N) is 3. The number of non-ortho nitro benzene ring substituents is 1. The molecule has 8 heteroatoms. The molecule has 0 aliphatic carbocycles. The van der Waals surface area contributed by atoms with Gasteiger partial charge in [-0.05, 0) is 18.2 Å². The molecule has 0 atom stereocenters. The third-order valence-corrected chi connectivity index (χ3v) is 3.40. The summed E-state index contributed by atoms with van der Waals surface area (Å²) >= 11 is 1.06. The molecule has 21 heavy (non-hydrogen) atoms. The van der Waals surface area contributed by atoms with Crippen molar-refractivity contribution in [1.29, 1.82) is 0 Å². The van der Waals surface area contributed by atoms with E-state index in [9.17, 15) is 14.9 Å². The van der Waals surface area contributed by atoms with Gasteiger partial charge in [0.1, 0.15) is 11.0 Å². The van der Waals surface area contributed by atoms with Gasteiger partial charge in [-0.1, -0.05) is 12.1 Å². The number of fused-ring (bicyclic) bond motifs is 1. The fraction of sp³-hybridized carbons (Fsp3) is 0. The summed E-state index contributed by atoms with van der Waals surface area (Å²) in [5.74, 6) is -0.431. The number of hydrogen-bond donors (Lipinski definition) is 1. The first-order chi connectivity index (χ1) is 10.1. The molecule has 0 saturated carbocycles. The molecule has 3 aromatic rings. The molecule has 0 bridgehead atoms. The number of carbonyl (C=O) groups excluding carboxylic acids is 1. The summed E-state index contributed by atoms with van der Waals surface area (Å²) in [7, 11) is 0. The van der Waals surface area contributed by atoms with Gasteiger partial charge in [-0.25, -0.2) is 0 Å². The van der Waals surface area contributed by atoms with E-state index in [4.69, 9.17) is 0 Å². The van der Waals surface area contributed by atoms with Crippen LogP contribution in [-0.4, -0.2) is 19.6 Å². The maximum Gasteiger partial charge on any atom is 0.270 e. The monoisotopic (exact) mass is 300 g/mol. The van der Waals surface area contributed by atoms with Crippen molar-refractivity contribution in [3.63, 3.8) is 0 Å². The second-order valence-corrected chi connectivity index (χ2v) is 4.73. The number of amides is 1. The van der Waals surface area contributed by atoms with Crippen LogP contribution >= 0.6 is 11.7 Å². The van der Waals surface area contributed by atoms with Crippen molar-refractivity contribution < 1.29 is 9.72 Å². The number of nitro benzene ring substituents is 1. The minimum Gasteiger partial charge on any atom is -0.320 e. The molecule has 2 aromatic carbocycles. The third-order valence-electron chi connectivity index (χ3n) is 2.85. The van der Waals surface area contributed by atoms with Crippen molar-refractivity contribution in [3.05, 3.63) is 58.1 Å². The summed E-state index contributed by atoms with van der Waals surface area (Å²) in [6.45, 7) is 0. The predicted octanol–water partition coefficient (Wildman–Crippen LogP) is 2.85. The van der Waals surface area contributed by atoms with E-state index in [0.29, 0.717) is 16.7 Å². The number of anilines is 1. The highest BCUT2D eigenvalue weighted by atomic mass is 32.1. The number of nitro groups is 1. The molecule has 1 heterocycles. The molecule has 0 spiro atoms. The van der Waals surface area contributed by atoms with Crippen LogP contribution in [0.1, 0.15) is 10.4 Å². The zero-order valence-corrected chi connectivity index (χ0v) is 11.3. The third kappa shape index (κ3) is 2.56. The Bertz CT molecular complexity index is 846. The first-order valence-corrected chi connectivity index (χ1v) is 6.65. The summed E-state index contributed by atoms with van der Waals surface area (Å²) in [4.78, 5) is 22.4. The molecule has 0 fully saturated rings. The molecular weight excluding hydrogens is 292 g/mol. The first kappa shape index (κ1) is 13.1. The van der Waals surface area contributed by atoms with Gasteiger partial charge in [0.15, 0.2) is 0 Å². The number of carbonyl (C=O) groups is 1.